The Kier molecular flexibility index (Phi) is 14.8. The molecule has 18 nitrogen and oxygen atoms in total. The normalized spacial score (nSPS) is 45.1. The maximum Gasteiger partial charge on any atom is 0.412 e. The number of carbonyl (C=O) groups is 3. The van der Waals surface area contributed by atoms with Gasteiger partial charge in [-0.1, -0.05) is 52.0 Å². The number of hydrogen-bond acceptors (Lipinski definition) is 16. The Morgan fingerprint density at radius 1 is 0.740 bits per heavy atom. The van der Waals surface area contributed by atoms with Crippen LogP contribution in [0.15, 0.2) is 48.5 Å². The fourth-order valence-electron chi connectivity index (χ4n) is 14.9. The van der Waals surface area contributed by atoms with Gasteiger partial charge in [-0.15, -0.1) is 0 Å². The lowest BCUT2D eigenvalue weighted by Crippen LogP contribution is -2.66. The van der Waals surface area contributed by atoms with Crippen molar-refractivity contribution in [3.8, 4) is 0 Å². The molecule has 4 saturated carbocycles. The molecule has 8 aliphatic rings. The van der Waals surface area contributed by atoms with Gasteiger partial charge in [0.15, 0.2) is 30.6 Å². The molecule has 10 rings (SSSR count). The summed E-state index contributed by atoms with van der Waals surface area (Å²) in [6.45, 7) is 8.07. The van der Waals surface area contributed by atoms with Crippen molar-refractivity contribution in [2.45, 2.75) is 165 Å². The smallest absolute Gasteiger partial charge is 0.412 e. The maximum absolute atomic E-state index is 14.7. The van der Waals surface area contributed by atoms with Gasteiger partial charge >= 0.3 is 12.2 Å². The first-order chi connectivity index (χ1) is 34.9. The fourth-order valence-corrected chi connectivity index (χ4v) is 14.9. The van der Waals surface area contributed by atoms with Crippen LogP contribution in [0.5, 0.6) is 0 Å². The van der Waals surface area contributed by atoms with Crippen molar-refractivity contribution < 1.29 is 86.6 Å². The summed E-state index contributed by atoms with van der Waals surface area (Å²) in [6, 6.07) is 10.3. The Hall–Kier alpha value is -3.93. The molecule has 2 aromatic carbocycles. The first kappa shape index (κ1) is 52.5. The van der Waals surface area contributed by atoms with E-state index in [1.807, 2.05) is 0 Å². The van der Waals surface area contributed by atoms with Crippen LogP contribution in [-0.4, -0.2) is 143 Å². The number of anilines is 2. The quantitative estimate of drug-likeness (QED) is 0.147. The summed E-state index contributed by atoms with van der Waals surface area (Å²) in [5, 5.41) is 60.4. The largest absolute Gasteiger partial charge is 0.439 e. The molecule has 2 aromatic rings. The number of benzene rings is 2. The van der Waals surface area contributed by atoms with E-state index in [0.717, 1.165) is 44.2 Å². The molecule has 73 heavy (non-hydrogen) atoms. The van der Waals surface area contributed by atoms with Crippen LogP contribution in [0, 0.1) is 63.9 Å². The van der Waals surface area contributed by atoms with Crippen LogP contribution < -0.4 is 10.6 Å². The number of halogens is 2. The van der Waals surface area contributed by atoms with E-state index >= 15 is 0 Å². The van der Waals surface area contributed by atoms with Crippen LogP contribution in [0.3, 0.4) is 0 Å². The molecular weight excluding hydrogens is 959 g/mol. The first-order valence-corrected chi connectivity index (χ1v) is 26.0. The van der Waals surface area contributed by atoms with Crippen molar-refractivity contribution in [3.05, 3.63) is 60.2 Å². The Morgan fingerprint density at radius 3 is 1.97 bits per heavy atom. The summed E-state index contributed by atoms with van der Waals surface area (Å²) < 4.78 is 77.6. The predicted octanol–water partition coefficient (Wildman–Crippen LogP) is 5.41. The van der Waals surface area contributed by atoms with Crippen LogP contribution in [-0.2, 0) is 42.7 Å². The lowest BCUT2D eigenvalue weighted by atomic mass is 9.44. The van der Waals surface area contributed by atoms with Crippen molar-refractivity contribution in [3.63, 3.8) is 0 Å². The number of Topliss-reactive ketones (excluding diaryl/α,β-unsaturated/α-hetero) is 1. The average molecular weight is 1030 g/mol. The molecule has 0 aromatic heterocycles. The highest BCUT2D eigenvalue weighted by molar-refractivity contribution is 5.86. The standard InChI is InChI=1S/C53H70F2N2O16/c1-25-15-18-53(66-24-25)26(2)39-36(73-53)20-30-29-14-13-27-19-28(16-17-51(27,3)40(29)35(60)21-52(30,39)4)67-47-42(62)41(61)44(37(22-58)68-47)70-48-43(63)46(72-50(65)57-34-12-8-6-10-32(34)55)45(38(23-59)69-48)71-49(64)56-33-11-7-5-9-31(33)54/h5-12,25-30,36-48,58-59,61-63H,13-24H2,1-4H3,(H,56,64)(H,57,65)/t25-,26+,27+,28+,29+,30+,36+,37+,38+,39+,40-,41-,42+,43+,44-,45-,46-,47-,48+,51+,52+,53-/m1/s1. The molecule has 22 atom stereocenters. The summed E-state index contributed by atoms with van der Waals surface area (Å²) in [6.07, 6.45) is -13.3. The minimum atomic E-state index is -2.09. The van der Waals surface area contributed by atoms with Gasteiger partial charge in [0.25, 0.3) is 0 Å². The number of ether oxygens (including phenoxy) is 8. The van der Waals surface area contributed by atoms with E-state index in [-0.39, 0.29) is 57.9 Å². The molecule has 402 valence electrons. The molecule has 2 amide bonds. The van der Waals surface area contributed by atoms with E-state index in [4.69, 9.17) is 37.9 Å². The highest BCUT2D eigenvalue weighted by Crippen LogP contribution is 2.70. The van der Waals surface area contributed by atoms with Gasteiger partial charge in [0, 0.05) is 24.7 Å². The van der Waals surface area contributed by atoms with E-state index in [1.165, 1.54) is 36.4 Å². The number of carbonyl (C=O) groups excluding carboxylic acids is 3. The van der Waals surface area contributed by atoms with E-state index in [0.29, 0.717) is 49.9 Å². The monoisotopic (exact) mass is 1030 g/mol. The number of amides is 2. The van der Waals surface area contributed by atoms with E-state index in [2.05, 4.69) is 38.3 Å². The van der Waals surface area contributed by atoms with Crippen LogP contribution in [0.2, 0.25) is 0 Å². The first-order valence-electron chi connectivity index (χ1n) is 26.0. The molecule has 0 bridgehead atoms. The number of para-hydroxylation sites is 2. The third-order valence-electron chi connectivity index (χ3n) is 18.5. The number of ketones is 1. The van der Waals surface area contributed by atoms with Gasteiger partial charge in [-0.3, -0.25) is 15.4 Å². The molecule has 7 N–H and O–H groups in total. The fraction of sp³-hybridized carbons (Fsp3) is 0.717. The Balaban J connectivity index is 0.790. The number of nitrogens with one attached hydrogen (secondary N) is 2. The molecule has 0 radical (unpaired) electrons. The van der Waals surface area contributed by atoms with Gasteiger partial charge in [-0.2, -0.15) is 0 Å². The topological polar surface area (TPSA) is 250 Å². The highest BCUT2D eigenvalue weighted by atomic mass is 19.1. The lowest BCUT2D eigenvalue weighted by Gasteiger charge is -2.60. The minimum Gasteiger partial charge on any atom is -0.439 e. The zero-order chi connectivity index (χ0) is 51.7. The molecule has 4 aliphatic carbocycles. The average Bonchev–Trinajstić information content (AvgIpc) is 3.80. The third-order valence-corrected chi connectivity index (χ3v) is 18.5. The summed E-state index contributed by atoms with van der Waals surface area (Å²) in [4.78, 5) is 41.0. The summed E-state index contributed by atoms with van der Waals surface area (Å²) in [7, 11) is 0. The summed E-state index contributed by atoms with van der Waals surface area (Å²) in [5.41, 5.74) is -1.02. The Morgan fingerprint density at radius 2 is 1.36 bits per heavy atom. The number of rotatable bonds is 10. The van der Waals surface area contributed by atoms with Gasteiger partial charge in [0.1, 0.15) is 54.0 Å². The number of hydrogen-bond donors (Lipinski definition) is 7. The van der Waals surface area contributed by atoms with Crippen molar-refractivity contribution >= 4 is 29.3 Å². The Bertz CT molecular complexity index is 2340. The Labute approximate surface area is 422 Å². The second-order valence-corrected chi connectivity index (χ2v) is 22.7. The van der Waals surface area contributed by atoms with Crippen molar-refractivity contribution in [2.24, 2.45) is 52.3 Å². The van der Waals surface area contributed by atoms with Gasteiger partial charge in [0.05, 0.1) is 43.4 Å². The molecule has 20 heteroatoms. The molecule has 4 heterocycles. The van der Waals surface area contributed by atoms with Crippen LogP contribution >= 0.6 is 0 Å². The van der Waals surface area contributed by atoms with E-state index in [9.17, 15) is 48.7 Å². The molecule has 4 aliphatic heterocycles. The van der Waals surface area contributed by atoms with Crippen LogP contribution in [0.4, 0.5) is 29.7 Å². The zero-order valence-electron chi connectivity index (χ0n) is 41.6. The van der Waals surface area contributed by atoms with E-state index < -0.39 is 110 Å². The van der Waals surface area contributed by atoms with Gasteiger partial charge in [-0.25, -0.2) is 18.4 Å². The van der Waals surface area contributed by atoms with Crippen molar-refractivity contribution in [2.75, 3.05) is 30.5 Å². The highest BCUT2D eigenvalue weighted by Gasteiger charge is 2.71. The molecule has 1 spiro atoms. The summed E-state index contributed by atoms with van der Waals surface area (Å²) >= 11 is 0. The van der Waals surface area contributed by atoms with Gasteiger partial charge in [0.2, 0.25) is 0 Å². The SMILES string of the molecule is C[C@@H]1CC[C@@]2(OC1)O[C@H]1C[C@H]3[C@@H]4CC[C@H]5C[C@@H](O[C@@H]6O[C@@H](CO)[C@@H](O[C@@H]7O[C@@H](CO)[C@@H](OC(=O)Nc8ccccc8F)[C@H](OC(=O)Nc8ccccc8F)[C@@H]7O)[C@H](O)[C@@H]6O)CC[C@]5(C)[C@H]4C(=O)C[C@]3(C)[C@H]1[C@@H]2C. The van der Waals surface area contributed by atoms with Crippen molar-refractivity contribution in [1.29, 1.82) is 0 Å². The second kappa shape index (κ2) is 20.5. The molecule has 4 saturated heterocycles. The molecule has 8 fully saturated rings. The lowest BCUT2D eigenvalue weighted by molar-refractivity contribution is -0.363. The molecule has 0 unspecified atom stereocenters. The number of aliphatic hydroxyl groups excluding tert-OH is 5. The van der Waals surface area contributed by atoms with Gasteiger partial charge < -0.3 is 63.4 Å². The molecular formula is C53H70F2N2O16. The zero-order valence-corrected chi connectivity index (χ0v) is 41.6. The van der Waals surface area contributed by atoms with Crippen molar-refractivity contribution in [1.82, 2.24) is 0 Å². The van der Waals surface area contributed by atoms with Gasteiger partial charge in [-0.05, 0) is 110 Å². The van der Waals surface area contributed by atoms with E-state index in [1.54, 1.807) is 0 Å². The third kappa shape index (κ3) is 9.48. The number of fused-ring (bicyclic) bond motifs is 7. The van der Waals surface area contributed by atoms with Crippen LogP contribution in [0.1, 0.15) is 85.5 Å². The predicted molar refractivity (Wildman–Crippen MR) is 252 cm³/mol. The maximum atomic E-state index is 14.7. The minimum absolute atomic E-state index is 0.0704. The second-order valence-electron chi connectivity index (χ2n) is 22.7. The summed E-state index contributed by atoms with van der Waals surface area (Å²) in [5.74, 6) is -0.251. The van der Waals surface area contributed by atoms with Crippen LogP contribution in [0.25, 0.3) is 0 Å². The number of aliphatic hydroxyl groups is 5.